The minimum absolute atomic E-state index is 0.113. The van der Waals surface area contributed by atoms with Gasteiger partial charge in [-0.25, -0.2) is 4.98 Å². The van der Waals surface area contributed by atoms with Gasteiger partial charge in [-0.3, -0.25) is 9.88 Å². The number of nitrogens with zero attached hydrogens (tertiary/aromatic N) is 4. The largest absolute Gasteiger partial charge is 0.454 e. The van der Waals surface area contributed by atoms with Crippen LogP contribution in [0.1, 0.15) is 30.0 Å². The fourth-order valence-corrected chi connectivity index (χ4v) is 4.97. The van der Waals surface area contributed by atoms with Crippen molar-refractivity contribution in [3.63, 3.8) is 0 Å². The maximum Gasteiger partial charge on any atom is 0.416 e. The Morgan fingerprint density at radius 1 is 0.971 bits per heavy atom. The van der Waals surface area contributed by atoms with Crippen molar-refractivity contribution in [2.24, 2.45) is 0 Å². The first-order chi connectivity index (χ1) is 17.0. The van der Waals surface area contributed by atoms with Crippen LogP contribution >= 0.6 is 0 Å². The molecule has 1 saturated heterocycles. The zero-order chi connectivity index (χ0) is 24.0. The fraction of sp³-hybridized carbons (Fsp3) is 0.308. The van der Waals surface area contributed by atoms with Gasteiger partial charge in [0.05, 0.1) is 16.6 Å². The van der Waals surface area contributed by atoms with Gasteiger partial charge in [0.15, 0.2) is 11.5 Å². The predicted molar refractivity (Wildman–Crippen MR) is 124 cm³/mol. The number of fused-ring (bicyclic) bond motifs is 2. The van der Waals surface area contributed by atoms with Crippen LogP contribution in [0.25, 0.3) is 22.4 Å². The number of ether oxygens (including phenoxy) is 2. The van der Waals surface area contributed by atoms with E-state index in [1.165, 1.54) is 5.56 Å². The average molecular weight is 480 g/mol. The van der Waals surface area contributed by atoms with E-state index >= 15 is 0 Å². The standard InChI is InChI=1S/C26H23F3N4O2/c27-26(28,29)19-4-5-22-21(13-19)31-25(18-3-6-23-24(12-18)35-16-34-23)33(22)20-7-10-32(11-8-20)15-17-2-1-9-30-14-17/h1-6,9,12-14,20H,7-8,10-11,15-16H2. The first kappa shape index (κ1) is 21.9. The summed E-state index contributed by atoms with van der Waals surface area (Å²) >= 11 is 0. The summed E-state index contributed by atoms with van der Waals surface area (Å²) in [5.74, 6) is 1.91. The molecule has 0 aliphatic carbocycles. The Balaban J connectivity index is 1.35. The molecule has 0 saturated carbocycles. The molecular formula is C26H23F3N4O2. The SMILES string of the molecule is FC(F)(F)c1ccc2c(c1)nc(-c1ccc3c(c1)OCO3)n2C1CCN(Cc2cccnc2)CC1. The number of rotatable bonds is 4. The van der Waals surface area contributed by atoms with E-state index in [2.05, 4.69) is 25.5 Å². The third-order valence-corrected chi connectivity index (χ3v) is 6.70. The molecule has 4 aromatic rings. The summed E-state index contributed by atoms with van der Waals surface area (Å²) in [6.07, 6.45) is 0.955. The molecule has 0 spiro atoms. The van der Waals surface area contributed by atoms with Gasteiger partial charge in [-0.2, -0.15) is 13.2 Å². The molecule has 1 fully saturated rings. The Kier molecular flexibility index (Phi) is 5.36. The van der Waals surface area contributed by atoms with Crippen LogP contribution in [0.5, 0.6) is 11.5 Å². The highest BCUT2D eigenvalue weighted by atomic mass is 19.4. The van der Waals surface area contributed by atoms with Gasteiger partial charge in [0.25, 0.3) is 0 Å². The first-order valence-electron chi connectivity index (χ1n) is 11.6. The molecule has 2 aliphatic rings. The second-order valence-electron chi connectivity index (χ2n) is 8.94. The molecule has 0 unspecified atom stereocenters. The van der Waals surface area contributed by atoms with Gasteiger partial charge in [0, 0.05) is 43.6 Å². The Morgan fingerprint density at radius 2 is 1.80 bits per heavy atom. The van der Waals surface area contributed by atoms with Crippen molar-refractivity contribution >= 4 is 11.0 Å². The molecule has 0 amide bonds. The number of pyridine rings is 1. The summed E-state index contributed by atoms with van der Waals surface area (Å²) < 4.78 is 53.3. The number of alkyl halides is 3. The van der Waals surface area contributed by atoms with Gasteiger partial charge in [-0.1, -0.05) is 6.07 Å². The van der Waals surface area contributed by atoms with Crippen LogP contribution in [0.2, 0.25) is 0 Å². The summed E-state index contributed by atoms with van der Waals surface area (Å²) in [5, 5.41) is 0. The van der Waals surface area contributed by atoms with E-state index in [4.69, 9.17) is 9.47 Å². The highest BCUT2D eigenvalue weighted by molar-refractivity contribution is 5.82. The normalized spacial score (nSPS) is 16.8. The molecule has 4 heterocycles. The Bertz CT molecular complexity index is 1360. The van der Waals surface area contributed by atoms with Crippen molar-refractivity contribution in [2.75, 3.05) is 19.9 Å². The molecule has 35 heavy (non-hydrogen) atoms. The number of benzene rings is 2. The third-order valence-electron chi connectivity index (χ3n) is 6.70. The van der Waals surface area contributed by atoms with Gasteiger partial charge in [-0.15, -0.1) is 0 Å². The summed E-state index contributed by atoms with van der Waals surface area (Å²) in [7, 11) is 0. The lowest BCUT2D eigenvalue weighted by molar-refractivity contribution is -0.137. The van der Waals surface area contributed by atoms with Crippen LogP contribution in [0.4, 0.5) is 13.2 Å². The Labute approximate surface area is 199 Å². The van der Waals surface area contributed by atoms with Gasteiger partial charge < -0.3 is 14.0 Å². The molecular weight excluding hydrogens is 457 g/mol. The Morgan fingerprint density at radius 3 is 2.57 bits per heavy atom. The van der Waals surface area contributed by atoms with Crippen molar-refractivity contribution in [3.05, 3.63) is 72.1 Å². The molecule has 0 N–H and O–H groups in total. The lowest BCUT2D eigenvalue weighted by Crippen LogP contribution is -2.34. The van der Waals surface area contributed by atoms with Crippen molar-refractivity contribution in [2.45, 2.75) is 31.6 Å². The van der Waals surface area contributed by atoms with Crippen molar-refractivity contribution < 1.29 is 22.6 Å². The van der Waals surface area contributed by atoms with Crippen LogP contribution in [-0.2, 0) is 12.7 Å². The van der Waals surface area contributed by atoms with E-state index in [-0.39, 0.29) is 12.8 Å². The number of halogens is 3. The van der Waals surface area contributed by atoms with Gasteiger partial charge >= 0.3 is 6.18 Å². The average Bonchev–Trinajstić information content (AvgIpc) is 3.48. The Hall–Kier alpha value is -3.59. The highest BCUT2D eigenvalue weighted by Gasteiger charge is 2.32. The van der Waals surface area contributed by atoms with Crippen molar-refractivity contribution in [1.29, 1.82) is 0 Å². The molecule has 9 heteroatoms. The number of likely N-dealkylation sites (tertiary alicyclic amines) is 1. The first-order valence-corrected chi connectivity index (χ1v) is 11.6. The van der Waals surface area contributed by atoms with Crippen LogP contribution in [0.15, 0.2) is 60.9 Å². The fourth-order valence-electron chi connectivity index (χ4n) is 4.97. The smallest absolute Gasteiger partial charge is 0.416 e. The summed E-state index contributed by atoms with van der Waals surface area (Å²) in [5.41, 5.74) is 2.30. The highest BCUT2D eigenvalue weighted by Crippen LogP contribution is 2.40. The zero-order valence-corrected chi connectivity index (χ0v) is 18.8. The van der Waals surface area contributed by atoms with Gasteiger partial charge in [-0.05, 0) is 60.9 Å². The summed E-state index contributed by atoms with van der Waals surface area (Å²) in [4.78, 5) is 11.3. The lowest BCUT2D eigenvalue weighted by atomic mass is 10.0. The second kappa shape index (κ2) is 8.57. The van der Waals surface area contributed by atoms with E-state index in [0.29, 0.717) is 28.4 Å². The summed E-state index contributed by atoms with van der Waals surface area (Å²) in [6, 6.07) is 13.5. The van der Waals surface area contributed by atoms with E-state index in [9.17, 15) is 13.2 Å². The second-order valence-corrected chi connectivity index (χ2v) is 8.94. The number of hydrogen-bond acceptors (Lipinski definition) is 5. The molecule has 0 atom stereocenters. The monoisotopic (exact) mass is 480 g/mol. The third kappa shape index (κ3) is 4.20. The zero-order valence-electron chi connectivity index (χ0n) is 18.8. The topological polar surface area (TPSA) is 52.4 Å². The van der Waals surface area contributed by atoms with Crippen molar-refractivity contribution in [3.8, 4) is 22.9 Å². The molecule has 6 rings (SSSR count). The van der Waals surface area contributed by atoms with E-state index in [1.54, 1.807) is 12.3 Å². The van der Waals surface area contributed by atoms with Crippen LogP contribution in [0.3, 0.4) is 0 Å². The maximum absolute atomic E-state index is 13.4. The van der Waals surface area contributed by atoms with Gasteiger partial charge in [0.1, 0.15) is 5.82 Å². The molecule has 2 aliphatic heterocycles. The molecule has 180 valence electrons. The quantitative estimate of drug-likeness (QED) is 0.376. The number of imidazole rings is 1. The molecule has 0 radical (unpaired) electrons. The maximum atomic E-state index is 13.4. The molecule has 2 aromatic carbocycles. The predicted octanol–water partition coefficient (Wildman–Crippen LogP) is 5.68. The summed E-state index contributed by atoms with van der Waals surface area (Å²) in [6.45, 7) is 2.73. The minimum Gasteiger partial charge on any atom is -0.454 e. The minimum atomic E-state index is -4.42. The number of piperidine rings is 1. The molecule has 0 bridgehead atoms. The van der Waals surface area contributed by atoms with Crippen LogP contribution in [0, 0.1) is 0 Å². The van der Waals surface area contributed by atoms with Crippen LogP contribution < -0.4 is 9.47 Å². The number of aromatic nitrogens is 3. The van der Waals surface area contributed by atoms with Gasteiger partial charge in [0.2, 0.25) is 6.79 Å². The van der Waals surface area contributed by atoms with E-state index < -0.39 is 11.7 Å². The molecule has 6 nitrogen and oxygen atoms in total. The van der Waals surface area contributed by atoms with E-state index in [0.717, 1.165) is 50.2 Å². The van der Waals surface area contributed by atoms with E-state index in [1.807, 2.05) is 30.5 Å². The lowest BCUT2D eigenvalue weighted by Gasteiger charge is -2.33. The van der Waals surface area contributed by atoms with Crippen LogP contribution in [-0.4, -0.2) is 39.3 Å². The van der Waals surface area contributed by atoms with Crippen molar-refractivity contribution in [1.82, 2.24) is 19.4 Å². The number of hydrogen-bond donors (Lipinski definition) is 0. The molecule has 2 aromatic heterocycles.